The average Bonchev–Trinajstić information content (AvgIpc) is 3.55. The molecule has 0 bridgehead atoms. The number of thiophene rings is 1. The maximum absolute atomic E-state index is 14.4. The van der Waals surface area contributed by atoms with Crippen molar-refractivity contribution in [3.63, 3.8) is 0 Å². The van der Waals surface area contributed by atoms with Crippen LogP contribution in [0.2, 0.25) is 0 Å². The van der Waals surface area contributed by atoms with Crippen molar-refractivity contribution in [3.05, 3.63) is 51.8 Å². The van der Waals surface area contributed by atoms with Gasteiger partial charge in [0.05, 0.1) is 18.3 Å². The maximum atomic E-state index is 14.4. The second-order valence-corrected chi connectivity index (χ2v) is 11.5. The van der Waals surface area contributed by atoms with Crippen LogP contribution in [0.4, 0.5) is 15.8 Å². The van der Waals surface area contributed by atoms with Gasteiger partial charge in [-0.25, -0.2) is 14.2 Å². The number of halogens is 1. The van der Waals surface area contributed by atoms with Gasteiger partial charge in [-0.3, -0.25) is 9.59 Å². The van der Waals surface area contributed by atoms with Crippen LogP contribution in [-0.2, 0) is 9.53 Å². The van der Waals surface area contributed by atoms with Gasteiger partial charge in [-0.2, -0.15) is 0 Å². The quantitative estimate of drug-likeness (QED) is 0.341. The average molecular weight is 544 g/mol. The number of anilines is 2. The van der Waals surface area contributed by atoms with Gasteiger partial charge in [0.1, 0.15) is 16.2 Å². The number of esters is 1. The van der Waals surface area contributed by atoms with Crippen LogP contribution in [0.25, 0.3) is 10.4 Å². The van der Waals surface area contributed by atoms with E-state index in [9.17, 15) is 18.8 Å². The van der Waals surface area contributed by atoms with E-state index in [0.717, 1.165) is 10.4 Å². The molecular formula is C27H30FN3O4S2. The standard InChI is InChI=1S/C27H30FN3O4S2/c1-16(2)31(25(33)18-9-11-27(3,28)12-10-18)21-13-22(37-23(21)26(34)35-4)17-5-7-19(8-6-17)30-24(32)20-14-36-15-29-20/h5-8,13-16,18H,9-12H2,1-4H3,(H,30,32). The summed E-state index contributed by atoms with van der Waals surface area (Å²) in [7, 11) is 1.32. The van der Waals surface area contributed by atoms with Gasteiger partial charge in [0.15, 0.2) is 0 Å². The predicted molar refractivity (Wildman–Crippen MR) is 145 cm³/mol. The molecule has 0 unspecified atom stereocenters. The van der Waals surface area contributed by atoms with Gasteiger partial charge in [-0.15, -0.1) is 22.7 Å². The molecule has 4 rings (SSSR count). The summed E-state index contributed by atoms with van der Waals surface area (Å²) in [6.07, 6.45) is 1.65. The molecule has 2 amide bonds. The number of nitrogens with zero attached hydrogens (tertiary/aromatic N) is 2. The van der Waals surface area contributed by atoms with Crippen molar-refractivity contribution in [1.29, 1.82) is 0 Å². The van der Waals surface area contributed by atoms with E-state index in [-0.39, 0.29) is 23.8 Å². The van der Waals surface area contributed by atoms with Gasteiger partial charge in [0, 0.05) is 27.9 Å². The summed E-state index contributed by atoms with van der Waals surface area (Å²) in [4.78, 5) is 45.4. The Labute approximate surface area is 223 Å². The van der Waals surface area contributed by atoms with Crippen molar-refractivity contribution in [2.24, 2.45) is 5.92 Å². The van der Waals surface area contributed by atoms with Crippen LogP contribution >= 0.6 is 22.7 Å². The number of ether oxygens (including phenoxy) is 1. The van der Waals surface area contributed by atoms with Crippen LogP contribution in [0.5, 0.6) is 0 Å². The molecule has 1 aliphatic carbocycles. The third kappa shape index (κ3) is 6.07. The number of thiazole rings is 1. The molecule has 1 saturated carbocycles. The molecule has 196 valence electrons. The number of hydrogen-bond donors (Lipinski definition) is 1. The van der Waals surface area contributed by atoms with Gasteiger partial charge in [-0.05, 0) is 70.2 Å². The highest BCUT2D eigenvalue weighted by molar-refractivity contribution is 7.18. The van der Waals surface area contributed by atoms with Gasteiger partial charge < -0.3 is 15.0 Å². The van der Waals surface area contributed by atoms with E-state index in [4.69, 9.17) is 4.74 Å². The van der Waals surface area contributed by atoms with E-state index >= 15 is 0 Å². The molecule has 7 nitrogen and oxygen atoms in total. The predicted octanol–water partition coefficient (Wildman–Crippen LogP) is 6.57. The summed E-state index contributed by atoms with van der Waals surface area (Å²) in [6, 6.07) is 8.87. The van der Waals surface area contributed by atoms with Crippen LogP contribution in [-0.4, -0.2) is 41.6 Å². The van der Waals surface area contributed by atoms with Gasteiger partial charge >= 0.3 is 5.97 Å². The minimum absolute atomic E-state index is 0.0971. The van der Waals surface area contributed by atoms with Crippen LogP contribution in [0.15, 0.2) is 41.2 Å². The number of carbonyl (C=O) groups is 3. The van der Waals surface area contributed by atoms with Gasteiger partial charge in [0.25, 0.3) is 5.91 Å². The van der Waals surface area contributed by atoms with E-state index < -0.39 is 11.6 Å². The second kappa shape index (κ2) is 11.1. The zero-order chi connectivity index (χ0) is 26.7. The van der Waals surface area contributed by atoms with Crippen LogP contribution in [0.1, 0.15) is 66.6 Å². The number of methoxy groups -OCH3 is 1. The highest BCUT2D eigenvalue weighted by atomic mass is 32.1. The van der Waals surface area contributed by atoms with Crippen LogP contribution in [0, 0.1) is 5.92 Å². The highest BCUT2D eigenvalue weighted by Crippen LogP contribution is 2.41. The second-order valence-electron chi connectivity index (χ2n) is 9.71. The molecule has 2 heterocycles. The number of rotatable bonds is 7. The highest BCUT2D eigenvalue weighted by Gasteiger charge is 2.38. The Balaban J connectivity index is 1.61. The number of alkyl halides is 1. The van der Waals surface area contributed by atoms with E-state index in [0.29, 0.717) is 47.6 Å². The fourth-order valence-corrected chi connectivity index (χ4v) is 6.10. The van der Waals surface area contributed by atoms with Crippen LogP contribution in [0.3, 0.4) is 0 Å². The summed E-state index contributed by atoms with van der Waals surface area (Å²) < 4.78 is 19.4. The fourth-order valence-electron chi connectivity index (χ4n) is 4.49. The number of nitrogens with one attached hydrogen (secondary N) is 1. The van der Waals surface area contributed by atoms with Crippen molar-refractivity contribution in [3.8, 4) is 10.4 Å². The Morgan fingerprint density at radius 2 is 1.86 bits per heavy atom. The molecule has 1 aromatic carbocycles. The monoisotopic (exact) mass is 543 g/mol. The lowest BCUT2D eigenvalue weighted by molar-refractivity contribution is -0.124. The first-order chi connectivity index (χ1) is 17.6. The normalized spacial score (nSPS) is 19.5. The van der Waals surface area contributed by atoms with Crippen molar-refractivity contribution in [2.45, 2.75) is 58.2 Å². The molecule has 10 heteroatoms. The minimum Gasteiger partial charge on any atom is -0.465 e. The molecule has 0 spiro atoms. The first-order valence-electron chi connectivity index (χ1n) is 12.1. The first kappa shape index (κ1) is 26.9. The molecule has 37 heavy (non-hydrogen) atoms. The van der Waals surface area contributed by atoms with Crippen molar-refractivity contribution >= 4 is 51.8 Å². The number of hydrogen-bond acceptors (Lipinski definition) is 7. The van der Waals surface area contributed by atoms with Crippen molar-refractivity contribution < 1.29 is 23.5 Å². The van der Waals surface area contributed by atoms with Crippen LogP contribution < -0.4 is 10.2 Å². The molecule has 0 aliphatic heterocycles. The minimum atomic E-state index is -1.24. The lowest BCUT2D eigenvalue weighted by atomic mass is 9.80. The largest absolute Gasteiger partial charge is 0.465 e. The molecule has 0 radical (unpaired) electrons. The molecular weight excluding hydrogens is 513 g/mol. The molecule has 1 aliphatic rings. The zero-order valence-electron chi connectivity index (χ0n) is 21.2. The molecule has 3 aromatic rings. The fraction of sp³-hybridized carbons (Fsp3) is 0.407. The SMILES string of the molecule is COC(=O)c1sc(-c2ccc(NC(=O)c3cscn3)cc2)cc1N(C(=O)C1CCC(C)(F)CC1)C(C)C. The van der Waals surface area contributed by atoms with Crippen molar-refractivity contribution in [1.82, 2.24) is 4.98 Å². The maximum Gasteiger partial charge on any atom is 0.350 e. The Morgan fingerprint density at radius 1 is 1.19 bits per heavy atom. The molecule has 0 atom stereocenters. The topological polar surface area (TPSA) is 88.6 Å². The first-order valence-corrected chi connectivity index (χ1v) is 13.9. The number of amides is 2. The number of carbonyl (C=O) groups excluding carboxylic acids is 3. The summed E-state index contributed by atoms with van der Waals surface area (Å²) >= 11 is 2.60. The number of benzene rings is 1. The number of aromatic nitrogens is 1. The molecule has 2 aromatic heterocycles. The molecule has 1 N–H and O–H groups in total. The summed E-state index contributed by atoms with van der Waals surface area (Å²) in [5.41, 5.74) is 2.66. The molecule has 0 saturated heterocycles. The van der Waals surface area contributed by atoms with E-state index in [1.165, 1.54) is 29.8 Å². The van der Waals surface area contributed by atoms with Crippen molar-refractivity contribution in [2.75, 3.05) is 17.3 Å². The smallest absolute Gasteiger partial charge is 0.350 e. The Hall–Kier alpha value is -3.11. The third-order valence-corrected chi connectivity index (χ3v) is 8.31. The Bertz CT molecular complexity index is 1260. The summed E-state index contributed by atoms with van der Waals surface area (Å²) in [5, 5.41) is 4.49. The van der Waals surface area contributed by atoms with E-state index in [1.807, 2.05) is 32.0 Å². The van der Waals surface area contributed by atoms with Gasteiger partial charge in [0.2, 0.25) is 5.91 Å². The summed E-state index contributed by atoms with van der Waals surface area (Å²) in [6.45, 7) is 5.39. The lowest BCUT2D eigenvalue weighted by Crippen LogP contribution is -2.43. The Kier molecular flexibility index (Phi) is 8.08. The van der Waals surface area contributed by atoms with E-state index in [2.05, 4.69) is 10.3 Å². The summed E-state index contributed by atoms with van der Waals surface area (Å²) in [5.74, 6) is -1.19. The Morgan fingerprint density at radius 3 is 2.43 bits per heavy atom. The zero-order valence-corrected chi connectivity index (χ0v) is 22.9. The third-order valence-electron chi connectivity index (χ3n) is 6.57. The van der Waals surface area contributed by atoms with E-state index in [1.54, 1.807) is 34.8 Å². The molecule has 1 fully saturated rings. The lowest BCUT2D eigenvalue weighted by Gasteiger charge is -2.35. The van der Waals surface area contributed by atoms with Gasteiger partial charge in [-0.1, -0.05) is 12.1 Å².